The lowest BCUT2D eigenvalue weighted by Gasteiger charge is -2.38. The van der Waals surface area contributed by atoms with E-state index >= 15 is 0 Å². The number of benzene rings is 1. The molecule has 1 aromatic carbocycles. The maximum Gasteiger partial charge on any atom is 0.0434 e. The van der Waals surface area contributed by atoms with Crippen LogP contribution in [0.15, 0.2) is 6.07 Å². The van der Waals surface area contributed by atoms with E-state index in [1.807, 2.05) is 0 Å². The van der Waals surface area contributed by atoms with Gasteiger partial charge in [0.25, 0.3) is 0 Å². The van der Waals surface area contributed by atoms with Crippen LogP contribution in [0.4, 0.5) is 5.69 Å². The Kier molecular flexibility index (Phi) is 3.81. The van der Waals surface area contributed by atoms with Crippen LogP contribution in [0, 0.1) is 0 Å². The van der Waals surface area contributed by atoms with Crippen LogP contribution in [-0.2, 0) is 25.7 Å². The largest absolute Gasteiger partial charge is 0.371 e. The first-order chi connectivity index (χ1) is 9.35. The fourth-order valence-corrected chi connectivity index (χ4v) is 4.05. The summed E-state index contributed by atoms with van der Waals surface area (Å²) < 4.78 is 0. The third kappa shape index (κ3) is 2.28. The zero-order valence-corrected chi connectivity index (χ0v) is 12.6. The average molecular weight is 257 g/mol. The molecule has 1 heteroatoms. The van der Waals surface area contributed by atoms with Gasteiger partial charge in [0.15, 0.2) is 0 Å². The van der Waals surface area contributed by atoms with Gasteiger partial charge in [0.05, 0.1) is 0 Å². The SMILES string of the molecule is CCCc1cc2c3c(c1CCC)CCCN3CCC2. The molecule has 0 aromatic heterocycles. The Bertz CT molecular complexity index is 459. The number of aryl methyl sites for hydroxylation is 2. The van der Waals surface area contributed by atoms with Gasteiger partial charge in [0, 0.05) is 18.8 Å². The van der Waals surface area contributed by atoms with Crippen LogP contribution in [0.25, 0.3) is 0 Å². The molecule has 0 saturated carbocycles. The van der Waals surface area contributed by atoms with Gasteiger partial charge >= 0.3 is 0 Å². The molecule has 0 unspecified atom stereocenters. The van der Waals surface area contributed by atoms with E-state index in [0.29, 0.717) is 0 Å². The van der Waals surface area contributed by atoms with Crippen molar-refractivity contribution >= 4 is 5.69 Å². The first-order valence-electron chi connectivity index (χ1n) is 8.26. The average Bonchev–Trinajstić information content (AvgIpc) is 2.43. The van der Waals surface area contributed by atoms with Crippen molar-refractivity contribution in [1.82, 2.24) is 0 Å². The van der Waals surface area contributed by atoms with Crippen molar-refractivity contribution in [2.24, 2.45) is 0 Å². The first-order valence-corrected chi connectivity index (χ1v) is 8.26. The minimum atomic E-state index is 1.27. The van der Waals surface area contributed by atoms with E-state index in [1.54, 1.807) is 27.9 Å². The Hall–Kier alpha value is -0.980. The van der Waals surface area contributed by atoms with Gasteiger partial charge in [-0.3, -0.25) is 0 Å². The molecule has 0 fully saturated rings. The molecule has 3 rings (SSSR count). The molecule has 2 aliphatic heterocycles. The van der Waals surface area contributed by atoms with Crippen LogP contribution in [0.3, 0.4) is 0 Å². The van der Waals surface area contributed by atoms with E-state index in [0.717, 1.165) is 0 Å². The summed E-state index contributed by atoms with van der Waals surface area (Å²) in [6.45, 7) is 7.22. The van der Waals surface area contributed by atoms with E-state index in [2.05, 4.69) is 24.8 Å². The summed E-state index contributed by atoms with van der Waals surface area (Å²) >= 11 is 0. The van der Waals surface area contributed by atoms with E-state index in [9.17, 15) is 0 Å². The molecule has 2 heterocycles. The summed E-state index contributed by atoms with van der Waals surface area (Å²) in [6, 6.07) is 2.56. The highest BCUT2D eigenvalue weighted by molar-refractivity contribution is 5.67. The van der Waals surface area contributed by atoms with Gasteiger partial charge in [0.2, 0.25) is 0 Å². The highest BCUT2D eigenvalue weighted by Gasteiger charge is 2.26. The molecular weight excluding hydrogens is 230 g/mol. The summed E-state index contributed by atoms with van der Waals surface area (Å²) in [5, 5.41) is 0. The highest BCUT2D eigenvalue weighted by Crippen LogP contribution is 2.39. The molecule has 2 aliphatic rings. The summed E-state index contributed by atoms with van der Waals surface area (Å²) in [5.74, 6) is 0. The van der Waals surface area contributed by atoms with Gasteiger partial charge in [-0.2, -0.15) is 0 Å². The molecule has 1 nitrogen and oxygen atoms in total. The Morgan fingerprint density at radius 3 is 2.47 bits per heavy atom. The Balaban J connectivity index is 2.13. The van der Waals surface area contributed by atoms with Crippen LogP contribution < -0.4 is 4.90 Å². The Labute approximate surface area is 118 Å². The van der Waals surface area contributed by atoms with Crippen molar-refractivity contribution in [2.45, 2.75) is 65.2 Å². The topological polar surface area (TPSA) is 3.24 Å². The maximum atomic E-state index is 2.67. The lowest BCUT2D eigenvalue weighted by atomic mass is 9.83. The van der Waals surface area contributed by atoms with Gasteiger partial charge in [-0.05, 0) is 60.8 Å². The van der Waals surface area contributed by atoms with Crippen molar-refractivity contribution in [3.63, 3.8) is 0 Å². The van der Waals surface area contributed by atoms with Crippen molar-refractivity contribution in [3.8, 4) is 0 Å². The van der Waals surface area contributed by atoms with Crippen LogP contribution >= 0.6 is 0 Å². The Morgan fingerprint density at radius 1 is 1.00 bits per heavy atom. The smallest absolute Gasteiger partial charge is 0.0434 e. The van der Waals surface area contributed by atoms with Gasteiger partial charge in [0.1, 0.15) is 0 Å². The van der Waals surface area contributed by atoms with Crippen molar-refractivity contribution in [1.29, 1.82) is 0 Å². The normalized spacial score (nSPS) is 17.5. The molecule has 1 aromatic rings. The fourth-order valence-electron chi connectivity index (χ4n) is 4.05. The van der Waals surface area contributed by atoms with E-state index in [4.69, 9.17) is 0 Å². The van der Waals surface area contributed by atoms with Crippen molar-refractivity contribution in [3.05, 3.63) is 28.3 Å². The number of hydrogen-bond acceptors (Lipinski definition) is 1. The third-order valence-corrected chi connectivity index (χ3v) is 4.75. The molecule has 0 aliphatic carbocycles. The van der Waals surface area contributed by atoms with Crippen LogP contribution in [0.5, 0.6) is 0 Å². The third-order valence-electron chi connectivity index (χ3n) is 4.75. The highest BCUT2D eigenvalue weighted by atomic mass is 15.1. The molecule has 0 saturated heterocycles. The zero-order chi connectivity index (χ0) is 13.2. The quantitative estimate of drug-likeness (QED) is 0.777. The number of rotatable bonds is 4. The molecule has 0 amide bonds. The Morgan fingerprint density at radius 2 is 1.74 bits per heavy atom. The molecule has 0 N–H and O–H groups in total. The second-order valence-electron chi connectivity index (χ2n) is 6.19. The summed E-state index contributed by atoms with van der Waals surface area (Å²) in [4.78, 5) is 2.67. The zero-order valence-electron chi connectivity index (χ0n) is 12.6. The minimum absolute atomic E-state index is 1.27. The van der Waals surface area contributed by atoms with Crippen molar-refractivity contribution < 1.29 is 0 Å². The first kappa shape index (κ1) is 13.0. The molecule has 0 atom stereocenters. The van der Waals surface area contributed by atoms with Gasteiger partial charge in [-0.1, -0.05) is 32.8 Å². The van der Waals surface area contributed by atoms with Crippen LogP contribution in [-0.4, -0.2) is 13.1 Å². The maximum absolute atomic E-state index is 2.67. The second-order valence-corrected chi connectivity index (χ2v) is 6.19. The van der Waals surface area contributed by atoms with E-state index in [1.165, 1.54) is 64.5 Å². The molecule has 0 radical (unpaired) electrons. The monoisotopic (exact) mass is 257 g/mol. The van der Waals surface area contributed by atoms with Crippen LogP contribution in [0.1, 0.15) is 61.8 Å². The van der Waals surface area contributed by atoms with Gasteiger partial charge in [-0.15, -0.1) is 0 Å². The fraction of sp³-hybridized carbons (Fsp3) is 0.667. The molecular formula is C18H27N. The van der Waals surface area contributed by atoms with Crippen LogP contribution in [0.2, 0.25) is 0 Å². The molecule has 19 heavy (non-hydrogen) atoms. The number of nitrogens with zero attached hydrogens (tertiary/aromatic N) is 1. The molecule has 0 spiro atoms. The summed E-state index contributed by atoms with van der Waals surface area (Å²) in [6.07, 6.45) is 10.5. The van der Waals surface area contributed by atoms with Gasteiger partial charge < -0.3 is 4.90 Å². The number of hydrogen-bond donors (Lipinski definition) is 0. The standard InChI is InChI=1S/C18H27N/c1-3-7-14-13-15-9-5-11-19-12-6-10-17(18(15)19)16(14)8-4-2/h13H,3-12H2,1-2H3. The summed E-state index contributed by atoms with van der Waals surface area (Å²) in [7, 11) is 0. The second kappa shape index (κ2) is 5.56. The summed E-state index contributed by atoms with van der Waals surface area (Å²) in [5.41, 5.74) is 8.43. The predicted molar refractivity (Wildman–Crippen MR) is 83.3 cm³/mol. The predicted octanol–water partition coefficient (Wildman–Crippen LogP) is 4.29. The van der Waals surface area contributed by atoms with E-state index < -0.39 is 0 Å². The lowest BCUT2D eigenvalue weighted by molar-refractivity contribution is 0.626. The molecule has 0 bridgehead atoms. The van der Waals surface area contributed by atoms with E-state index in [-0.39, 0.29) is 0 Å². The van der Waals surface area contributed by atoms with Crippen molar-refractivity contribution in [2.75, 3.05) is 18.0 Å². The van der Waals surface area contributed by atoms with Gasteiger partial charge in [-0.25, -0.2) is 0 Å². The molecule has 104 valence electrons. The lowest BCUT2D eigenvalue weighted by Crippen LogP contribution is -2.35. The minimum Gasteiger partial charge on any atom is -0.371 e. The number of anilines is 1.